The van der Waals surface area contributed by atoms with Gasteiger partial charge in [-0.2, -0.15) is 0 Å². The Kier molecular flexibility index (Phi) is 6.70. The van der Waals surface area contributed by atoms with E-state index in [-0.39, 0.29) is 11.9 Å². The minimum atomic E-state index is -0.168. The number of ether oxygens (including phenoxy) is 1. The second-order valence-electron chi connectivity index (χ2n) is 4.05. The molecule has 1 aromatic rings. The maximum atomic E-state index is 13.7. The van der Waals surface area contributed by atoms with Gasteiger partial charge in [-0.3, -0.25) is 0 Å². The summed E-state index contributed by atoms with van der Waals surface area (Å²) in [5, 5.41) is 3.36. The summed E-state index contributed by atoms with van der Waals surface area (Å²) < 4.78 is 19.6. The quantitative estimate of drug-likeness (QED) is 0.835. The Morgan fingerprint density at radius 1 is 1.47 bits per heavy atom. The Balaban J connectivity index is 2.64. The van der Waals surface area contributed by atoms with Crippen LogP contribution < -0.4 is 5.32 Å². The molecule has 0 spiro atoms. The molecule has 1 N–H and O–H groups in total. The number of rotatable bonds is 7. The lowest BCUT2D eigenvalue weighted by atomic mass is 10.1. The predicted molar refractivity (Wildman–Crippen MR) is 71.8 cm³/mol. The summed E-state index contributed by atoms with van der Waals surface area (Å²) in [4.78, 5) is 0. The molecule has 0 aliphatic rings. The summed E-state index contributed by atoms with van der Waals surface area (Å²) in [5.41, 5.74) is 0.721. The lowest BCUT2D eigenvalue weighted by molar-refractivity contribution is 0.165. The Morgan fingerprint density at radius 3 is 2.82 bits per heavy atom. The van der Waals surface area contributed by atoms with Gasteiger partial charge in [0, 0.05) is 17.6 Å². The van der Waals surface area contributed by atoms with Crippen LogP contribution in [0.1, 0.15) is 18.9 Å². The third-order valence-electron chi connectivity index (χ3n) is 2.53. The van der Waals surface area contributed by atoms with Crippen molar-refractivity contribution in [3.8, 4) is 0 Å². The van der Waals surface area contributed by atoms with Crippen LogP contribution in [0.4, 0.5) is 4.39 Å². The minimum Gasteiger partial charge on any atom is -0.383 e. The van der Waals surface area contributed by atoms with Crippen LogP contribution in [0.15, 0.2) is 22.7 Å². The molecule has 0 saturated heterocycles. The van der Waals surface area contributed by atoms with Gasteiger partial charge in [0.05, 0.1) is 6.61 Å². The molecule has 0 bridgehead atoms. The second kappa shape index (κ2) is 7.80. The molecule has 96 valence electrons. The van der Waals surface area contributed by atoms with Crippen LogP contribution in [0, 0.1) is 5.82 Å². The third kappa shape index (κ3) is 5.15. The molecule has 0 heterocycles. The fourth-order valence-corrected chi connectivity index (χ4v) is 2.03. The van der Waals surface area contributed by atoms with E-state index in [0.717, 1.165) is 23.0 Å². The average molecular weight is 304 g/mol. The van der Waals surface area contributed by atoms with Crippen LogP contribution in [0.5, 0.6) is 0 Å². The van der Waals surface area contributed by atoms with Crippen LogP contribution >= 0.6 is 15.9 Å². The largest absolute Gasteiger partial charge is 0.383 e. The van der Waals surface area contributed by atoms with Gasteiger partial charge in [0.15, 0.2) is 0 Å². The standard InChI is InChI=1S/C13H19BrFNO/c1-3-6-16-12(9-17-2)7-10-4-5-11(14)8-13(10)15/h4-5,8,12,16H,3,6-7,9H2,1-2H3. The van der Waals surface area contributed by atoms with Gasteiger partial charge in [0.1, 0.15) is 5.82 Å². The first-order valence-electron chi connectivity index (χ1n) is 5.83. The molecule has 0 saturated carbocycles. The highest BCUT2D eigenvalue weighted by Crippen LogP contribution is 2.16. The molecule has 2 nitrogen and oxygen atoms in total. The van der Waals surface area contributed by atoms with E-state index < -0.39 is 0 Å². The zero-order valence-electron chi connectivity index (χ0n) is 10.3. The van der Waals surface area contributed by atoms with E-state index >= 15 is 0 Å². The molecule has 1 unspecified atom stereocenters. The van der Waals surface area contributed by atoms with Crippen LogP contribution in [0.25, 0.3) is 0 Å². The van der Waals surface area contributed by atoms with Crippen molar-refractivity contribution in [2.75, 3.05) is 20.3 Å². The van der Waals surface area contributed by atoms with Crippen molar-refractivity contribution in [2.45, 2.75) is 25.8 Å². The molecule has 0 radical (unpaired) electrons. The molecule has 0 aliphatic heterocycles. The second-order valence-corrected chi connectivity index (χ2v) is 4.96. The van der Waals surface area contributed by atoms with E-state index in [9.17, 15) is 4.39 Å². The van der Waals surface area contributed by atoms with E-state index in [2.05, 4.69) is 28.2 Å². The first-order valence-corrected chi connectivity index (χ1v) is 6.63. The predicted octanol–water partition coefficient (Wildman–Crippen LogP) is 3.15. The molecule has 0 aromatic heterocycles. The molecule has 0 amide bonds. The minimum absolute atomic E-state index is 0.163. The summed E-state index contributed by atoms with van der Waals surface area (Å²) in [5.74, 6) is -0.168. The first kappa shape index (κ1) is 14.6. The van der Waals surface area contributed by atoms with Gasteiger partial charge in [-0.15, -0.1) is 0 Å². The molecular formula is C13H19BrFNO. The number of hydrogen-bond donors (Lipinski definition) is 1. The lowest BCUT2D eigenvalue weighted by Gasteiger charge is -2.18. The normalized spacial score (nSPS) is 12.7. The van der Waals surface area contributed by atoms with Gasteiger partial charge in [-0.1, -0.05) is 28.9 Å². The lowest BCUT2D eigenvalue weighted by Crippen LogP contribution is -2.35. The van der Waals surface area contributed by atoms with E-state index in [0.29, 0.717) is 13.0 Å². The van der Waals surface area contributed by atoms with E-state index in [4.69, 9.17) is 4.74 Å². The van der Waals surface area contributed by atoms with Crippen molar-refractivity contribution in [1.82, 2.24) is 5.32 Å². The fraction of sp³-hybridized carbons (Fsp3) is 0.538. The van der Waals surface area contributed by atoms with E-state index in [1.165, 1.54) is 6.07 Å². The number of hydrogen-bond acceptors (Lipinski definition) is 2. The molecule has 0 fully saturated rings. The van der Waals surface area contributed by atoms with Gasteiger partial charge in [0.2, 0.25) is 0 Å². The zero-order valence-corrected chi connectivity index (χ0v) is 11.9. The van der Waals surface area contributed by atoms with Crippen molar-refractivity contribution >= 4 is 15.9 Å². The number of halogens is 2. The number of methoxy groups -OCH3 is 1. The first-order chi connectivity index (χ1) is 8.17. The number of benzene rings is 1. The van der Waals surface area contributed by atoms with E-state index in [1.807, 2.05) is 12.1 Å². The molecule has 4 heteroatoms. The average Bonchev–Trinajstić information content (AvgIpc) is 2.29. The fourth-order valence-electron chi connectivity index (χ4n) is 1.69. The molecule has 1 rings (SSSR count). The van der Waals surface area contributed by atoms with Gasteiger partial charge >= 0.3 is 0 Å². The van der Waals surface area contributed by atoms with E-state index in [1.54, 1.807) is 7.11 Å². The Morgan fingerprint density at radius 2 is 2.24 bits per heavy atom. The van der Waals surface area contributed by atoms with Crippen molar-refractivity contribution in [3.63, 3.8) is 0 Å². The van der Waals surface area contributed by atoms with Gasteiger partial charge < -0.3 is 10.1 Å². The highest BCUT2D eigenvalue weighted by atomic mass is 79.9. The third-order valence-corrected chi connectivity index (χ3v) is 3.03. The summed E-state index contributed by atoms with van der Waals surface area (Å²) in [6.07, 6.45) is 1.70. The van der Waals surface area contributed by atoms with Gasteiger partial charge in [-0.25, -0.2) is 4.39 Å². The Labute approximate surface area is 111 Å². The van der Waals surface area contributed by atoms with Crippen molar-refractivity contribution in [1.29, 1.82) is 0 Å². The SMILES string of the molecule is CCCNC(COC)Cc1ccc(Br)cc1F. The van der Waals surface area contributed by atoms with Crippen molar-refractivity contribution in [3.05, 3.63) is 34.1 Å². The van der Waals surface area contributed by atoms with Crippen LogP contribution in [-0.2, 0) is 11.2 Å². The van der Waals surface area contributed by atoms with Gasteiger partial charge in [-0.05, 0) is 37.1 Å². The van der Waals surface area contributed by atoms with Crippen LogP contribution in [0.2, 0.25) is 0 Å². The van der Waals surface area contributed by atoms with Crippen molar-refractivity contribution in [2.24, 2.45) is 0 Å². The summed E-state index contributed by atoms with van der Waals surface area (Å²) in [6.45, 7) is 3.62. The van der Waals surface area contributed by atoms with Gasteiger partial charge in [0.25, 0.3) is 0 Å². The molecule has 1 atom stereocenters. The summed E-state index contributed by atoms with van der Waals surface area (Å²) in [7, 11) is 1.67. The topological polar surface area (TPSA) is 21.3 Å². The molecule has 0 aliphatic carbocycles. The maximum Gasteiger partial charge on any atom is 0.127 e. The number of nitrogens with one attached hydrogen (secondary N) is 1. The van der Waals surface area contributed by atoms with Crippen molar-refractivity contribution < 1.29 is 9.13 Å². The van der Waals surface area contributed by atoms with Crippen LogP contribution in [0.3, 0.4) is 0 Å². The maximum absolute atomic E-state index is 13.7. The highest BCUT2D eigenvalue weighted by Gasteiger charge is 2.11. The summed E-state index contributed by atoms with van der Waals surface area (Å²) in [6, 6.07) is 5.34. The smallest absolute Gasteiger partial charge is 0.127 e. The Bertz CT molecular complexity index is 346. The van der Waals surface area contributed by atoms with Crippen LogP contribution in [-0.4, -0.2) is 26.3 Å². The molecular weight excluding hydrogens is 285 g/mol. The Hall–Kier alpha value is -0.450. The zero-order chi connectivity index (χ0) is 12.7. The summed E-state index contributed by atoms with van der Waals surface area (Å²) >= 11 is 3.25. The molecule has 1 aromatic carbocycles. The molecule has 17 heavy (non-hydrogen) atoms. The monoisotopic (exact) mass is 303 g/mol. The highest BCUT2D eigenvalue weighted by molar-refractivity contribution is 9.10.